The van der Waals surface area contributed by atoms with Crippen molar-refractivity contribution in [3.63, 3.8) is 0 Å². The van der Waals surface area contributed by atoms with Crippen molar-refractivity contribution < 1.29 is 4.74 Å². The first kappa shape index (κ1) is 11.7. The van der Waals surface area contributed by atoms with Crippen molar-refractivity contribution in [1.82, 2.24) is 5.32 Å². The summed E-state index contributed by atoms with van der Waals surface area (Å²) >= 11 is 3.60. The summed E-state index contributed by atoms with van der Waals surface area (Å²) in [6.45, 7) is 5.31. The van der Waals surface area contributed by atoms with Gasteiger partial charge >= 0.3 is 0 Å². The highest BCUT2D eigenvalue weighted by molar-refractivity contribution is 9.10. The van der Waals surface area contributed by atoms with Crippen LogP contribution in [0.15, 0.2) is 22.7 Å². The first-order valence-corrected chi connectivity index (χ1v) is 6.32. The van der Waals surface area contributed by atoms with E-state index in [0.29, 0.717) is 6.04 Å². The maximum atomic E-state index is 5.26. The predicted molar refractivity (Wildman–Crippen MR) is 70.4 cm³/mol. The van der Waals surface area contributed by atoms with Gasteiger partial charge in [0.05, 0.1) is 12.8 Å². The summed E-state index contributed by atoms with van der Waals surface area (Å²) in [4.78, 5) is 2.38. The Labute approximate surface area is 105 Å². The van der Waals surface area contributed by atoms with E-state index in [2.05, 4.69) is 39.1 Å². The number of benzene rings is 1. The number of anilines is 1. The van der Waals surface area contributed by atoms with E-state index in [1.807, 2.05) is 12.1 Å². The molecule has 1 aromatic carbocycles. The van der Waals surface area contributed by atoms with Crippen LogP contribution in [0.4, 0.5) is 5.69 Å². The lowest BCUT2D eigenvalue weighted by Gasteiger charge is -2.34. The molecule has 4 heteroatoms. The van der Waals surface area contributed by atoms with Crippen LogP contribution in [-0.4, -0.2) is 32.8 Å². The second kappa shape index (κ2) is 5.06. The van der Waals surface area contributed by atoms with Crippen LogP contribution in [0.2, 0.25) is 0 Å². The van der Waals surface area contributed by atoms with E-state index in [0.717, 1.165) is 29.9 Å². The van der Waals surface area contributed by atoms with E-state index in [-0.39, 0.29) is 0 Å². The normalized spacial score (nSPS) is 20.9. The van der Waals surface area contributed by atoms with E-state index in [1.165, 1.54) is 5.69 Å². The summed E-state index contributed by atoms with van der Waals surface area (Å²) in [6.07, 6.45) is 0. The third-order valence-electron chi connectivity index (χ3n) is 2.86. The van der Waals surface area contributed by atoms with Crippen LogP contribution in [0.3, 0.4) is 0 Å². The van der Waals surface area contributed by atoms with Crippen molar-refractivity contribution in [2.45, 2.75) is 13.0 Å². The maximum absolute atomic E-state index is 5.26. The fourth-order valence-electron chi connectivity index (χ4n) is 2.01. The molecular formula is C12H17BrN2O. The molecule has 1 fully saturated rings. The highest BCUT2D eigenvalue weighted by Crippen LogP contribution is 2.30. The van der Waals surface area contributed by atoms with Crippen molar-refractivity contribution in [1.29, 1.82) is 0 Å². The predicted octanol–water partition coefficient (Wildman–Crippen LogP) is 2.26. The fraction of sp³-hybridized carbons (Fsp3) is 0.500. The van der Waals surface area contributed by atoms with Crippen LogP contribution in [0.5, 0.6) is 5.75 Å². The van der Waals surface area contributed by atoms with Crippen molar-refractivity contribution in [3.8, 4) is 5.75 Å². The van der Waals surface area contributed by atoms with Gasteiger partial charge in [0, 0.05) is 36.2 Å². The highest BCUT2D eigenvalue weighted by Gasteiger charge is 2.18. The molecule has 1 unspecified atom stereocenters. The molecule has 0 bridgehead atoms. The van der Waals surface area contributed by atoms with Gasteiger partial charge in [0.15, 0.2) is 0 Å². The third kappa shape index (κ3) is 2.50. The molecule has 88 valence electrons. The largest absolute Gasteiger partial charge is 0.497 e. The lowest BCUT2D eigenvalue weighted by Crippen LogP contribution is -2.49. The summed E-state index contributed by atoms with van der Waals surface area (Å²) in [5, 5.41) is 3.44. The first-order valence-electron chi connectivity index (χ1n) is 5.52. The van der Waals surface area contributed by atoms with Crippen LogP contribution in [0.25, 0.3) is 0 Å². The minimum atomic E-state index is 0.534. The van der Waals surface area contributed by atoms with Gasteiger partial charge < -0.3 is 15.0 Å². The minimum Gasteiger partial charge on any atom is -0.497 e. The molecule has 3 nitrogen and oxygen atoms in total. The molecule has 0 aliphatic carbocycles. The second-order valence-electron chi connectivity index (χ2n) is 4.12. The molecule has 1 atom stereocenters. The molecule has 1 aliphatic rings. The van der Waals surface area contributed by atoms with E-state index in [1.54, 1.807) is 7.11 Å². The van der Waals surface area contributed by atoms with Gasteiger partial charge in [-0.05, 0) is 35.0 Å². The molecule has 0 aromatic heterocycles. The zero-order valence-corrected chi connectivity index (χ0v) is 11.3. The number of rotatable bonds is 2. The van der Waals surface area contributed by atoms with E-state index in [9.17, 15) is 0 Å². The summed E-state index contributed by atoms with van der Waals surface area (Å²) in [6, 6.07) is 6.63. The van der Waals surface area contributed by atoms with Crippen molar-refractivity contribution >= 4 is 21.6 Å². The summed E-state index contributed by atoms with van der Waals surface area (Å²) < 4.78 is 6.39. The van der Waals surface area contributed by atoms with Gasteiger partial charge in [0.25, 0.3) is 0 Å². The molecule has 1 aliphatic heterocycles. The molecule has 1 aromatic rings. The number of piperazine rings is 1. The first-order chi connectivity index (χ1) is 7.70. The number of ether oxygens (including phenoxy) is 1. The van der Waals surface area contributed by atoms with Gasteiger partial charge in [-0.25, -0.2) is 0 Å². The van der Waals surface area contributed by atoms with Gasteiger partial charge in [-0.1, -0.05) is 0 Å². The Morgan fingerprint density at radius 2 is 2.31 bits per heavy atom. The zero-order chi connectivity index (χ0) is 11.5. The van der Waals surface area contributed by atoms with Gasteiger partial charge in [-0.3, -0.25) is 0 Å². The van der Waals surface area contributed by atoms with Crippen LogP contribution in [0, 0.1) is 0 Å². The average molecular weight is 285 g/mol. The van der Waals surface area contributed by atoms with Crippen molar-refractivity contribution in [2.24, 2.45) is 0 Å². The van der Waals surface area contributed by atoms with E-state index in [4.69, 9.17) is 4.74 Å². The molecule has 0 saturated carbocycles. The summed E-state index contributed by atoms with van der Waals surface area (Å²) in [5.41, 5.74) is 1.22. The molecule has 16 heavy (non-hydrogen) atoms. The van der Waals surface area contributed by atoms with Crippen LogP contribution >= 0.6 is 15.9 Å². The number of methoxy groups -OCH3 is 1. The van der Waals surface area contributed by atoms with E-state index >= 15 is 0 Å². The number of hydrogen-bond donors (Lipinski definition) is 1. The molecule has 1 saturated heterocycles. The summed E-state index contributed by atoms with van der Waals surface area (Å²) in [5.74, 6) is 0.907. The molecule has 2 rings (SSSR count). The molecule has 0 amide bonds. The zero-order valence-electron chi connectivity index (χ0n) is 9.66. The monoisotopic (exact) mass is 284 g/mol. The molecule has 0 spiro atoms. The number of hydrogen-bond acceptors (Lipinski definition) is 3. The Hall–Kier alpha value is -0.740. The molecule has 1 N–H and O–H groups in total. The van der Waals surface area contributed by atoms with Gasteiger partial charge in [-0.2, -0.15) is 0 Å². The maximum Gasteiger partial charge on any atom is 0.121 e. The number of nitrogens with zero attached hydrogens (tertiary/aromatic N) is 1. The van der Waals surface area contributed by atoms with Crippen LogP contribution in [0.1, 0.15) is 6.92 Å². The van der Waals surface area contributed by atoms with Crippen LogP contribution < -0.4 is 15.0 Å². The molecule has 0 radical (unpaired) electrons. The molecular weight excluding hydrogens is 268 g/mol. The lowest BCUT2D eigenvalue weighted by molar-refractivity contribution is 0.414. The topological polar surface area (TPSA) is 24.5 Å². The Kier molecular flexibility index (Phi) is 3.71. The van der Waals surface area contributed by atoms with Crippen LogP contribution in [-0.2, 0) is 0 Å². The molecule has 1 heterocycles. The van der Waals surface area contributed by atoms with Gasteiger partial charge in [-0.15, -0.1) is 0 Å². The van der Waals surface area contributed by atoms with Gasteiger partial charge in [0.1, 0.15) is 5.75 Å². The average Bonchev–Trinajstić information content (AvgIpc) is 2.30. The SMILES string of the molecule is COc1ccc(Br)c(N2CCNC(C)C2)c1. The Balaban J connectivity index is 2.24. The second-order valence-corrected chi connectivity index (χ2v) is 4.97. The highest BCUT2D eigenvalue weighted by atomic mass is 79.9. The number of nitrogens with one attached hydrogen (secondary N) is 1. The van der Waals surface area contributed by atoms with Crippen molar-refractivity contribution in [3.05, 3.63) is 22.7 Å². The Morgan fingerprint density at radius 1 is 1.50 bits per heavy atom. The number of halogens is 1. The Morgan fingerprint density at radius 3 is 3.00 bits per heavy atom. The lowest BCUT2D eigenvalue weighted by atomic mass is 10.2. The van der Waals surface area contributed by atoms with E-state index < -0.39 is 0 Å². The van der Waals surface area contributed by atoms with Crippen molar-refractivity contribution in [2.75, 3.05) is 31.6 Å². The van der Waals surface area contributed by atoms with Gasteiger partial charge in [0.2, 0.25) is 0 Å². The summed E-state index contributed by atoms with van der Waals surface area (Å²) in [7, 11) is 1.70. The Bertz CT molecular complexity index is 370. The minimum absolute atomic E-state index is 0.534. The third-order valence-corrected chi connectivity index (χ3v) is 3.53. The smallest absolute Gasteiger partial charge is 0.121 e. The quantitative estimate of drug-likeness (QED) is 0.902. The fourth-order valence-corrected chi connectivity index (χ4v) is 2.51. The standard InChI is InChI=1S/C12H17BrN2O/c1-9-8-15(6-5-14-9)12-7-10(16-2)3-4-11(12)13/h3-4,7,9,14H,5-6,8H2,1-2H3.